The van der Waals surface area contributed by atoms with Crippen LogP contribution in [0.3, 0.4) is 0 Å². The van der Waals surface area contributed by atoms with Gasteiger partial charge in [-0.05, 0) is 32.9 Å². The maximum Gasteiger partial charge on any atom is 0.0586 e. The summed E-state index contributed by atoms with van der Waals surface area (Å²) in [4.78, 5) is 2.50. The topological polar surface area (TPSA) is 44.7 Å². The molecule has 0 radical (unpaired) electrons. The van der Waals surface area contributed by atoms with E-state index in [1.807, 2.05) is 0 Å². The van der Waals surface area contributed by atoms with Gasteiger partial charge in [0.15, 0.2) is 0 Å². The second kappa shape index (κ2) is 7.43. The lowest BCUT2D eigenvalue weighted by Crippen LogP contribution is -2.49. The number of hydrogen-bond donors (Lipinski definition) is 2. The minimum absolute atomic E-state index is 0.303. The number of ether oxygens (including phenoxy) is 1. The summed E-state index contributed by atoms with van der Waals surface area (Å²) < 4.78 is 5.63. The van der Waals surface area contributed by atoms with Gasteiger partial charge in [0.2, 0.25) is 0 Å². The Balaban J connectivity index is 1.91. The zero-order chi connectivity index (χ0) is 12.8. The summed E-state index contributed by atoms with van der Waals surface area (Å²) >= 11 is 0. The fraction of sp³-hybridized carbons (Fsp3) is 1.00. The van der Waals surface area contributed by atoms with Crippen LogP contribution < -0.4 is 5.32 Å². The lowest BCUT2D eigenvalue weighted by Gasteiger charge is -2.37. The van der Waals surface area contributed by atoms with Crippen molar-refractivity contribution in [3.05, 3.63) is 0 Å². The van der Waals surface area contributed by atoms with E-state index >= 15 is 0 Å². The molecule has 2 aliphatic heterocycles. The molecule has 3 unspecified atom stereocenters. The molecule has 2 heterocycles. The molecule has 2 saturated heterocycles. The van der Waals surface area contributed by atoms with Gasteiger partial charge < -0.3 is 15.2 Å². The fourth-order valence-electron chi connectivity index (χ4n) is 3.34. The van der Waals surface area contributed by atoms with Crippen molar-refractivity contribution in [3.8, 4) is 0 Å². The lowest BCUT2D eigenvalue weighted by molar-refractivity contribution is 0.00668. The predicted octanol–water partition coefficient (Wildman–Crippen LogP) is 0.848. The van der Waals surface area contributed by atoms with Crippen LogP contribution in [0.15, 0.2) is 0 Å². The quantitative estimate of drug-likeness (QED) is 0.783. The smallest absolute Gasteiger partial charge is 0.0586 e. The first-order chi connectivity index (χ1) is 8.85. The second-order valence-corrected chi connectivity index (χ2v) is 5.70. The summed E-state index contributed by atoms with van der Waals surface area (Å²) in [5, 5.41) is 13.0. The Labute approximate surface area is 111 Å². The van der Waals surface area contributed by atoms with E-state index in [1.54, 1.807) is 0 Å². The average molecular weight is 256 g/mol. The van der Waals surface area contributed by atoms with Gasteiger partial charge in [0.1, 0.15) is 0 Å². The SMILES string of the molecule is CNC1CCOCC1CN1CCCCCC1CO. The summed E-state index contributed by atoms with van der Waals surface area (Å²) in [6.07, 6.45) is 6.10. The highest BCUT2D eigenvalue weighted by Crippen LogP contribution is 2.21. The molecule has 2 fully saturated rings. The molecular weight excluding hydrogens is 228 g/mol. The molecule has 0 bridgehead atoms. The van der Waals surface area contributed by atoms with Crippen LogP contribution >= 0.6 is 0 Å². The van der Waals surface area contributed by atoms with Crippen molar-refractivity contribution >= 4 is 0 Å². The Morgan fingerprint density at radius 3 is 2.94 bits per heavy atom. The molecule has 2 N–H and O–H groups in total. The molecule has 0 saturated carbocycles. The Morgan fingerprint density at radius 2 is 2.17 bits per heavy atom. The van der Waals surface area contributed by atoms with Gasteiger partial charge in [-0.15, -0.1) is 0 Å². The van der Waals surface area contributed by atoms with Crippen molar-refractivity contribution in [2.75, 3.05) is 40.0 Å². The minimum atomic E-state index is 0.303. The Bertz CT molecular complexity index is 238. The summed E-state index contributed by atoms with van der Waals surface area (Å²) in [6.45, 7) is 4.25. The minimum Gasteiger partial charge on any atom is -0.395 e. The molecular formula is C14H28N2O2. The van der Waals surface area contributed by atoms with E-state index in [9.17, 15) is 5.11 Å². The van der Waals surface area contributed by atoms with Gasteiger partial charge in [0.05, 0.1) is 13.2 Å². The van der Waals surface area contributed by atoms with E-state index in [-0.39, 0.29) is 0 Å². The van der Waals surface area contributed by atoms with Crippen LogP contribution in [0.25, 0.3) is 0 Å². The number of nitrogens with one attached hydrogen (secondary N) is 1. The highest BCUT2D eigenvalue weighted by molar-refractivity contribution is 4.84. The number of nitrogens with zero attached hydrogens (tertiary/aromatic N) is 1. The van der Waals surface area contributed by atoms with Gasteiger partial charge in [-0.25, -0.2) is 0 Å². The molecule has 106 valence electrons. The zero-order valence-electron chi connectivity index (χ0n) is 11.6. The number of likely N-dealkylation sites (tertiary alicyclic amines) is 1. The van der Waals surface area contributed by atoms with Gasteiger partial charge in [-0.3, -0.25) is 4.90 Å². The molecule has 2 rings (SSSR count). The molecule has 18 heavy (non-hydrogen) atoms. The van der Waals surface area contributed by atoms with Crippen LogP contribution in [0.5, 0.6) is 0 Å². The average Bonchev–Trinajstić information content (AvgIpc) is 2.64. The van der Waals surface area contributed by atoms with Crippen LogP contribution in [-0.4, -0.2) is 62.0 Å². The number of hydrogen-bond acceptors (Lipinski definition) is 4. The Hall–Kier alpha value is -0.160. The van der Waals surface area contributed by atoms with E-state index in [0.29, 0.717) is 24.6 Å². The standard InChI is InChI=1S/C14H28N2O2/c1-15-14-6-8-18-11-12(14)9-16-7-4-2-3-5-13(16)10-17/h12-15,17H,2-11H2,1H3. The van der Waals surface area contributed by atoms with E-state index in [0.717, 1.165) is 39.1 Å². The number of rotatable bonds is 4. The first-order valence-electron chi connectivity index (χ1n) is 7.45. The van der Waals surface area contributed by atoms with Gasteiger partial charge >= 0.3 is 0 Å². The van der Waals surface area contributed by atoms with E-state index < -0.39 is 0 Å². The van der Waals surface area contributed by atoms with E-state index in [2.05, 4.69) is 17.3 Å². The van der Waals surface area contributed by atoms with Gasteiger partial charge in [-0.2, -0.15) is 0 Å². The maximum atomic E-state index is 9.55. The highest BCUT2D eigenvalue weighted by Gasteiger charge is 2.29. The first-order valence-corrected chi connectivity index (χ1v) is 7.45. The number of aliphatic hydroxyl groups is 1. The van der Waals surface area contributed by atoms with Crippen LogP contribution in [-0.2, 0) is 4.74 Å². The van der Waals surface area contributed by atoms with Crippen LogP contribution in [0.2, 0.25) is 0 Å². The van der Waals surface area contributed by atoms with Gasteiger partial charge in [-0.1, -0.05) is 12.8 Å². The summed E-state index contributed by atoms with van der Waals surface area (Å²) in [7, 11) is 2.05. The third-order valence-electron chi connectivity index (χ3n) is 4.52. The molecule has 0 amide bonds. The first kappa shape index (κ1) is 14.3. The summed E-state index contributed by atoms with van der Waals surface area (Å²) in [6, 6.07) is 0.938. The van der Waals surface area contributed by atoms with Crippen molar-refractivity contribution in [2.45, 2.75) is 44.2 Å². The molecule has 0 aromatic carbocycles. The van der Waals surface area contributed by atoms with Crippen LogP contribution in [0, 0.1) is 5.92 Å². The lowest BCUT2D eigenvalue weighted by atomic mass is 9.94. The molecule has 0 spiro atoms. The molecule has 2 aliphatic rings. The molecule has 3 atom stereocenters. The van der Waals surface area contributed by atoms with Crippen molar-refractivity contribution in [3.63, 3.8) is 0 Å². The highest BCUT2D eigenvalue weighted by atomic mass is 16.5. The third-order valence-corrected chi connectivity index (χ3v) is 4.52. The van der Waals surface area contributed by atoms with Crippen molar-refractivity contribution in [2.24, 2.45) is 5.92 Å². The third kappa shape index (κ3) is 3.67. The normalized spacial score (nSPS) is 35.3. The van der Waals surface area contributed by atoms with Gasteiger partial charge in [0, 0.05) is 31.2 Å². The summed E-state index contributed by atoms with van der Waals surface area (Å²) in [5.41, 5.74) is 0. The van der Waals surface area contributed by atoms with E-state index in [1.165, 1.54) is 19.3 Å². The second-order valence-electron chi connectivity index (χ2n) is 5.70. The largest absolute Gasteiger partial charge is 0.395 e. The van der Waals surface area contributed by atoms with Crippen LogP contribution in [0.1, 0.15) is 32.1 Å². The molecule has 0 aromatic heterocycles. The maximum absolute atomic E-state index is 9.55. The monoisotopic (exact) mass is 256 g/mol. The zero-order valence-corrected chi connectivity index (χ0v) is 11.6. The van der Waals surface area contributed by atoms with Crippen molar-refractivity contribution < 1.29 is 9.84 Å². The summed E-state index contributed by atoms with van der Waals surface area (Å²) in [5.74, 6) is 0.566. The molecule has 0 aliphatic carbocycles. The Kier molecular flexibility index (Phi) is 5.89. The molecule has 4 nitrogen and oxygen atoms in total. The van der Waals surface area contributed by atoms with Crippen LogP contribution in [0.4, 0.5) is 0 Å². The Morgan fingerprint density at radius 1 is 1.28 bits per heavy atom. The molecule has 4 heteroatoms. The molecule has 0 aromatic rings. The van der Waals surface area contributed by atoms with Crippen molar-refractivity contribution in [1.29, 1.82) is 0 Å². The number of aliphatic hydroxyl groups excluding tert-OH is 1. The predicted molar refractivity (Wildman–Crippen MR) is 72.7 cm³/mol. The van der Waals surface area contributed by atoms with Gasteiger partial charge in [0.25, 0.3) is 0 Å². The fourth-order valence-corrected chi connectivity index (χ4v) is 3.34. The van der Waals surface area contributed by atoms with Crippen molar-refractivity contribution in [1.82, 2.24) is 10.2 Å². The van der Waals surface area contributed by atoms with E-state index in [4.69, 9.17) is 4.74 Å².